The van der Waals surface area contributed by atoms with Crippen molar-refractivity contribution in [3.8, 4) is 0 Å². The summed E-state index contributed by atoms with van der Waals surface area (Å²) in [5.41, 5.74) is 0. The van der Waals surface area contributed by atoms with Crippen LogP contribution in [0, 0.1) is 5.92 Å². The largest absolute Gasteiger partial charge is 0.314 e. The van der Waals surface area contributed by atoms with E-state index in [0.717, 1.165) is 18.5 Å². The molecule has 2 fully saturated rings. The minimum absolute atomic E-state index is 0.855. The number of piperidine rings is 1. The van der Waals surface area contributed by atoms with Crippen molar-refractivity contribution in [3.05, 3.63) is 20.8 Å². The fourth-order valence-electron chi connectivity index (χ4n) is 2.74. The predicted molar refractivity (Wildman–Crippen MR) is 81.0 cm³/mol. The van der Waals surface area contributed by atoms with Crippen LogP contribution in [0.4, 0.5) is 0 Å². The maximum Gasteiger partial charge on any atom is 0.0328 e. The minimum Gasteiger partial charge on any atom is -0.314 e. The van der Waals surface area contributed by atoms with Crippen LogP contribution in [0.5, 0.6) is 0 Å². The van der Waals surface area contributed by atoms with Gasteiger partial charge in [0.25, 0.3) is 0 Å². The Morgan fingerprint density at radius 3 is 3.00 bits per heavy atom. The Kier molecular flexibility index (Phi) is 4.39. The lowest BCUT2D eigenvalue weighted by atomic mass is 9.98. The zero-order valence-electron chi connectivity index (χ0n) is 10.7. The van der Waals surface area contributed by atoms with Gasteiger partial charge in [0.1, 0.15) is 0 Å². The van der Waals surface area contributed by atoms with E-state index in [1.54, 1.807) is 0 Å². The highest BCUT2D eigenvalue weighted by Crippen LogP contribution is 2.25. The van der Waals surface area contributed by atoms with Crippen LogP contribution in [0.2, 0.25) is 0 Å². The number of halogens is 1. The van der Waals surface area contributed by atoms with Crippen LogP contribution >= 0.6 is 27.3 Å². The highest BCUT2D eigenvalue weighted by Gasteiger charge is 2.24. The Labute approximate surface area is 122 Å². The van der Waals surface area contributed by atoms with Crippen LogP contribution in [-0.2, 0) is 6.54 Å². The Bertz CT molecular complexity index is 389. The lowest BCUT2D eigenvalue weighted by Crippen LogP contribution is -2.39. The summed E-state index contributed by atoms with van der Waals surface area (Å²) >= 11 is 5.41. The fourth-order valence-corrected chi connectivity index (χ4v) is 4.23. The number of thiophene rings is 1. The van der Waals surface area contributed by atoms with Crippen molar-refractivity contribution in [2.75, 3.05) is 19.6 Å². The quantitative estimate of drug-likeness (QED) is 0.890. The molecule has 1 N–H and O–H groups in total. The van der Waals surface area contributed by atoms with Gasteiger partial charge in [-0.25, -0.2) is 0 Å². The molecule has 2 nitrogen and oxygen atoms in total. The molecule has 4 heteroatoms. The van der Waals surface area contributed by atoms with Crippen LogP contribution in [0.25, 0.3) is 0 Å². The molecular formula is C14H21BrN2S. The van der Waals surface area contributed by atoms with E-state index in [1.807, 2.05) is 11.3 Å². The molecule has 1 atom stereocenters. The Morgan fingerprint density at radius 1 is 1.39 bits per heavy atom. The van der Waals surface area contributed by atoms with Gasteiger partial charge in [-0.05, 0) is 66.7 Å². The molecular weight excluding hydrogens is 308 g/mol. The molecule has 1 aliphatic carbocycles. The highest BCUT2D eigenvalue weighted by atomic mass is 79.9. The topological polar surface area (TPSA) is 15.3 Å². The van der Waals surface area contributed by atoms with Gasteiger partial charge in [0, 0.05) is 33.9 Å². The standard InChI is InChI=1S/C14H21BrN2S/c15-12-6-14(18-10-12)9-17-5-1-2-11(8-17)7-16-13-3-4-13/h6,10-11,13,16H,1-5,7-9H2. The first kappa shape index (κ1) is 13.1. The SMILES string of the molecule is Brc1csc(CN2CCCC(CNC3CC3)C2)c1. The molecule has 1 saturated heterocycles. The van der Waals surface area contributed by atoms with E-state index < -0.39 is 0 Å². The maximum atomic E-state index is 3.68. The van der Waals surface area contributed by atoms with Crippen molar-refractivity contribution < 1.29 is 0 Å². The van der Waals surface area contributed by atoms with Crippen molar-refractivity contribution >= 4 is 27.3 Å². The highest BCUT2D eigenvalue weighted by molar-refractivity contribution is 9.10. The van der Waals surface area contributed by atoms with E-state index in [9.17, 15) is 0 Å². The van der Waals surface area contributed by atoms with Crippen LogP contribution in [0.15, 0.2) is 15.9 Å². The van der Waals surface area contributed by atoms with Crippen molar-refractivity contribution in [3.63, 3.8) is 0 Å². The molecule has 3 rings (SSSR count). The molecule has 1 aliphatic heterocycles. The molecule has 1 unspecified atom stereocenters. The second-order valence-corrected chi connectivity index (χ2v) is 7.57. The molecule has 0 radical (unpaired) electrons. The van der Waals surface area contributed by atoms with Crippen LogP contribution in [-0.4, -0.2) is 30.6 Å². The molecule has 100 valence electrons. The van der Waals surface area contributed by atoms with Gasteiger partial charge in [0.2, 0.25) is 0 Å². The van der Waals surface area contributed by atoms with E-state index in [0.29, 0.717) is 0 Å². The summed E-state index contributed by atoms with van der Waals surface area (Å²) in [6, 6.07) is 3.12. The Morgan fingerprint density at radius 2 is 2.28 bits per heavy atom. The van der Waals surface area contributed by atoms with E-state index in [2.05, 4.69) is 37.6 Å². The lowest BCUT2D eigenvalue weighted by molar-refractivity contribution is 0.166. The van der Waals surface area contributed by atoms with E-state index in [-0.39, 0.29) is 0 Å². The number of nitrogens with one attached hydrogen (secondary N) is 1. The number of nitrogens with zero attached hydrogens (tertiary/aromatic N) is 1. The van der Waals surface area contributed by atoms with Gasteiger partial charge in [-0.1, -0.05) is 0 Å². The number of likely N-dealkylation sites (tertiary alicyclic amines) is 1. The summed E-state index contributed by atoms with van der Waals surface area (Å²) in [5, 5.41) is 5.87. The van der Waals surface area contributed by atoms with Crippen molar-refractivity contribution in [2.45, 2.75) is 38.3 Å². The van der Waals surface area contributed by atoms with Crippen LogP contribution < -0.4 is 5.32 Å². The summed E-state index contributed by atoms with van der Waals surface area (Å²) < 4.78 is 1.23. The van der Waals surface area contributed by atoms with Gasteiger partial charge < -0.3 is 5.32 Å². The van der Waals surface area contributed by atoms with Gasteiger partial charge in [-0.3, -0.25) is 4.90 Å². The lowest BCUT2D eigenvalue weighted by Gasteiger charge is -2.32. The Balaban J connectivity index is 1.46. The van der Waals surface area contributed by atoms with Crippen LogP contribution in [0.1, 0.15) is 30.6 Å². The molecule has 2 heterocycles. The third-order valence-electron chi connectivity index (χ3n) is 3.88. The average Bonchev–Trinajstić information content (AvgIpc) is 3.11. The van der Waals surface area contributed by atoms with Crippen molar-refractivity contribution in [1.82, 2.24) is 10.2 Å². The molecule has 0 amide bonds. The average molecular weight is 329 g/mol. The third-order valence-corrected chi connectivity index (χ3v) is 5.56. The number of hydrogen-bond donors (Lipinski definition) is 1. The van der Waals surface area contributed by atoms with Gasteiger partial charge in [-0.15, -0.1) is 11.3 Å². The third kappa shape index (κ3) is 3.80. The normalized spacial score (nSPS) is 25.5. The second-order valence-electron chi connectivity index (χ2n) is 5.66. The molecule has 1 aromatic rings. The van der Waals surface area contributed by atoms with E-state index in [1.165, 1.54) is 54.7 Å². The summed E-state index contributed by atoms with van der Waals surface area (Å²) in [7, 11) is 0. The monoisotopic (exact) mass is 328 g/mol. The van der Waals surface area contributed by atoms with Crippen molar-refractivity contribution in [1.29, 1.82) is 0 Å². The van der Waals surface area contributed by atoms with Gasteiger partial charge >= 0.3 is 0 Å². The first-order valence-corrected chi connectivity index (χ1v) is 8.65. The summed E-state index contributed by atoms with van der Waals surface area (Å²) in [6.07, 6.45) is 5.58. The fraction of sp³-hybridized carbons (Fsp3) is 0.714. The summed E-state index contributed by atoms with van der Waals surface area (Å²) in [5.74, 6) is 0.864. The molecule has 0 spiro atoms. The molecule has 0 bridgehead atoms. The first-order chi connectivity index (χ1) is 8.79. The maximum absolute atomic E-state index is 3.68. The second kappa shape index (κ2) is 6.04. The molecule has 2 aliphatic rings. The van der Waals surface area contributed by atoms with E-state index in [4.69, 9.17) is 0 Å². The number of rotatable bonds is 5. The van der Waals surface area contributed by atoms with Gasteiger partial charge in [0.05, 0.1) is 0 Å². The molecule has 1 aromatic heterocycles. The molecule has 1 saturated carbocycles. The smallest absolute Gasteiger partial charge is 0.0328 e. The van der Waals surface area contributed by atoms with Gasteiger partial charge in [0.15, 0.2) is 0 Å². The molecule has 18 heavy (non-hydrogen) atoms. The number of hydrogen-bond acceptors (Lipinski definition) is 3. The molecule has 0 aromatic carbocycles. The van der Waals surface area contributed by atoms with Crippen LogP contribution in [0.3, 0.4) is 0 Å². The van der Waals surface area contributed by atoms with E-state index >= 15 is 0 Å². The Hall–Kier alpha value is 0.1000. The predicted octanol–water partition coefficient (Wildman–Crippen LogP) is 3.47. The van der Waals surface area contributed by atoms with Crippen molar-refractivity contribution in [2.24, 2.45) is 5.92 Å². The minimum atomic E-state index is 0.855. The summed E-state index contributed by atoms with van der Waals surface area (Å²) in [6.45, 7) is 4.91. The zero-order chi connectivity index (χ0) is 12.4. The zero-order valence-corrected chi connectivity index (χ0v) is 13.1. The first-order valence-electron chi connectivity index (χ1n) is 6.98. The summed E-state index contributed by atoms with van der Waals surface area (Å²) in [4.78, 5) is 4.11. The van der Waals surface area contributed by atoms with Gasteiger partial charge in [-0.2, -0.15) is 0 Å².